The van der Waals surface area contributed by atoms with Gasteiger partial charge in [0.25, 0.3) is 0 Å². The van der Waals surface area contributed by atoms with Crippen molar-refractivity contribution >= 4 is 10.0 Å². The lowest BCUT2D eigenvalue weighted by molar-refractivity contribution is -0.285. The summed E-state index contributed by atoms with van der Waals surface area (Å²) in [7, 11) is -3.74. The molecule has 1 fully saturated rings. The van der Waals surface area contributed by atoms with Gasteiger partial charge < -0.3 is 14.6 Å². The molecule has 0 bridgehead atoms. The Balaban J connectivity index is 2.32. The van der Waals surface area contributed by atoms with Gasteiger partial charge in [0.05, 0.1) is 30.3 Å². The molecule has 1 saturated heterocycles. The zero-order chi connectivity index (χ0) is 17.3. The molecule has 0 radical (unpaired) electrons. The van der Waals surface area contributed by atoms with Gasteiger partial charge in [-0.15, -0.1) is 0 Å². The number of aliphatic hydroxyl groups is 1. The Morgan fingerprint density at radius 3 is 2.43 bits per heavy atom. The maximum absolute atomic E-state index is 12.9. The van der Waals surface area contributed by atoms with Gasteiger partial charge in [0.2, 0.25) is 10.0 Å². The number of aliphatic hydroxyl groups excluding tert-OH is 1. The summed E-state index contributed by atoms with van der Waals surface area (Å²) in [6.07, 6.45) is -0.342. The van der Waals surface area contributed by atoms with Crippen LogP contribution < -0.4 is 0 Å². The van der Waals surface area contributed by atoms with Crippen LogP contribution in [0.15, 0.2) is 29.2 Å². The molecule has 1 aromatic carbocycles. The first-order valence-electron chi connectivity index (χ1n) is 7.68. The second-order valence-corrected chi connectivity index (χ2v) is 8.14. The van der Waals surface area contributed by atoms with Crippen LogP contribution in [0.2, 0.25) is 0 Å². The van der Waals surface area contributed by atoms with Gasteiger partial charge in [-0.1, -0.05) is 17.7 Å². The normalized spacial score (nSPS) is 24.8. The minimum Gasteiger partial charge on any atom is -0.395 e. The number of hydrogen-bond donors (Lipinski definition) is 1. The maximum Gasteiger partial charge on any atom is 0.243 e. The highest BCUT2D eigenvalue weighted by Gasteiger charge is 2.41. The third-order valence-electron chi connectivity index (χ3n) is 3.93. The van der Waals surface area contributed by atoms with Crippen molar-refractivity contribution in [1.29, 1.82) is 0 Å². The summed E-state index contributed by atoms with van der Waals surface area (Å²) in [5, 5.41) is 9.32. The predicted molar refractivity (Wildman–Crippen MR) is 86.5 cm³/mol. The predicted octanol–water partition coefficient (Wildman–Crippen LogP) is 1.52. The van der Waals surface area contributed by atoms with Crippen molar-refractivity contribution in [2.45, 2.75) is 50.5 Å². The van der Waals surface area contributed by atoms with Crippen LogP contribution in [0.25, 0.3) is 0 Å². The molecule has 2 atom stereocenters. The molecule has 23 heavy (non-hydrogen) atoms. The zero-order valence-electron chi connectivity index (χ0n) is 14.0. The smallest absolute Gasteiger partial charge is 0.243 e. The summed E-state index contributed by atoms with van der Waals surface area (Å²) < 4.78 is 38.5. The Hall–Kier alpha value is -0.990. The van der Waals surface area contributed by atoms with E-state index in [9.17, 15) is 13.5 Å². The van der Waals surface area contributed by atoms with Crippen LogP contribution >= 0.6 is 0 Å². The second-order valence-electron chi connectivity index (χ2n) is 6.25. The molecule has 1 N–H and O–H groups in total. The number of hydrogen-bond acceptors (Lipinski definition) is 5. The summed E-state index contributed by atoms with van der Waals surface area (Å²) in [5.41, 5.74) is 0.983. The Morgan fingerprint density at radius 1 is 1.30 bits per heavy atom. The third kappa shape index (κ3) is 4.10. The van der Waals surface area contributed by atoms with Crippen molar-refractivity contribution in [3.05, 3.63) is 29.8 Å². The lowest BCUT2D eigenvalue weighted by atomic mass is 10.1. The SMILES string of the molecule is Cc1ccc(S(=O)(=O)N(CCO)[C@@H]2COC(C)(C)O[C@@H]2C)cc1. The van der Waals surface area contributed by atoms with Crippen LogP contribution in [-0.4, -0.2) is 55.5 Å². The van der Waals surface area contributed by atoms with E-state index in [1.807, 2.05) is 13.8 Å². The van der Waals surface area contributed by atoms with Crippen molar-refractivity contribution in [1.82, 2.24) is 4.31 Å². The number of benzene rings is 1. The number of aryl methyl sites for hydroxylation is 1. The number of ether oxygens (including phenoxy) is 2. The molecule has 7 heteroatoms. The van der Waals surface area contributed by atoms with Crippen LogP contribution in [0.5, 0.6) is 0 Å². The van der Waals surface area contributed by atoms with Crippen LogP contribution in [0.4, 0.5) is 0 Å². The largest absolute Gasteiger partial charge is 0.395 e. The van der Waals surface area contributed by atoms with E-state index in [0.717, 1.165) is 5.56 Å². The molecule has 130 valence electrons. The topological polar surface area (TPSA) is 76.1 Å². The average Bonchev–Trinajstić information content (AvgIpc) is 2.45. The van der Waals surface area contributed by atoms with Crippen LogP contribution in [0, 0.1) is 6.92 Å². The second kappa shape index (κ2) is 6.86. The van der Waals surface area contributed by atoms with Crippen molar-refractivity contribution in [2.75, 3.05) is 19.8 Å². The third-order valence-corrected chi connectivity index (χ3v) is 5.87. The van der Waals surface area contributed by atoms with E-state index in [1.54, 1.807) is 38.1 Å². The fourth-order valence-electron chi connectivity index (χ4n) is 2.71. The maximum atomic E-state index is 12.9. The van der Waals surface area contributed by atoms with Gasteiger partial charge >= 0.3 is 0 Å². The Bertz CT molecular complexity index is 626. The van der Waals surface area contributed by atoms with E-state index >= 15 is 0 Å². The average molecular weight is 343 g/mol. The molecule has 6 nitrogen and oxygen atoms in total. The van der Waals surface area contributed by atoms with Crippen molar-refractivity contribution in [2.24, 2.45) is 0 Å². The fourth-order valence-corrected chi connectivity index (χ4v) is 4.37. The zero-order valence-corrected chi connectivity index (χ0v) is 14.8. The molecule has 1 aliphatic rings. The summed E-state index contributed by atoms with van der Waals surface area (Å²) in [5.74, 6) is -0.742. The van der Waals surface area contributed by atoms with Crippen molar-refractivity contribution < 1.29 is 23.0 Å². The van der Waals surface area contributed by atoms with E-state index in [4.69, 9.17) is 9.47 Å². The van der Waals surface area contributed by atoms with E-state index in [0.29, 0.717) is 0 Å². The first-order valence-corrected chi connectivity index (χ1v) is 9.12. The molecule has 1 aliphatic heterocycles. The number of rotatable bonds is 5. The Labute approximate surface area is 138 Å². The lowest BCUT2D eigenvalue weighted by Gasteiger charge is -2.43. The standard InChI is InChI=1S/C16H25NO5S/c1-12-5-7-14(8-6-12)23(19,20)17(9-10-18)15-11-21-16(3,4)22-13(15)2/h5-8,13,15,18H,9-11H2,1-4H3/t13-,15-/m1/s1. The van der Waals surface area contributed by atoms with Crippen LogP contribution in [0.1, 0.15) is 26.3 Å². The molecule has 0 spiro atoms. The van der Waals surface area contributed by atoms with E-state index < -0.39 is 21.9 Å². The van der Waals surface area contributed by atoms with Gasteiger partial charge in [-0.25, -0.2) is 8.42 Å². The number of sulfonamides is 1. The first-order chi connectivity index (χ1) is 10.7. The highest BCUT2D eigenvalue weighted by molar-refractivity contribution is 7.89. The molecule has 1 heterocycles. The lowest BCUT2D eigenvalue weighted by Crippen LogP contribution is -2.57. The fraction of sp³-hybridized carbons (Fsp3) is 0.625. The van der Waals surface area contributed by atoms with Gasteiger partial charge in [-0.2, -0.15) is 4.31 Å². The summed E-state index contributed by atoms with van der Waals surface area (Å²) in [4.78, 5) is 0.202. The highest BCUT2D eigenvalue weighted by Crippen LogP contribution is 2.28. The van der Waals surface area contributed by atoms with E-state index in [1.165, 1.54) is 4.31 Å². The molecule has 0 aliphatic carbocycles. The molecule has 0 amide bonds. The van der Waals surface area contributed by atoms with Gasteiger partial charge in [-0.05, 0) is 39.8 Å². The minimum atomic E-state index is -3.74. The van der Waals surface area contributed by atoms with Gasteiger partial charge in [0.1, 0.15) is 0 Å². The highest BCUT2D eigenvalue weighted by atomic mass is 32.2. The summed E-state index contributed by atoms with van der Waals surface area (Å²) in [6.45, 7) is 7.27. The monoisotopic (exact) mass is 343 g/mol. The molecule has 0 unspecified atom stereocenters. The minimum absolute atomic E-state index is 0.00162. The van der Waals surface area contributed by atoms with Crippen LogP contribution in [-0.2, 0) is 19.5 Å². The number of nitrogens with zero attached hydrogens (tertiary/aromatic N) is 1. The van der Waals surface area contributed by atoms with E-state index in [-0.39, 0.29) is 30.8 Å². The van der Waals surface area contributed by atoms with E-state index in [2.05, 4.69) is 0 Å². The van der Waals surface area contributed by atoms with Gasteiger partial charge in [0, 0.05) is 6.54 Å². The van der Waals surface area contributed by atoms with Crippen molar-refractivity contribution in [3.8, 4) is 0 Å². The molecular formula is C16H25NO5S. The van der Waals surface area contributed by atoms with Gasteiger partial charge in [0.15, 0.2) is 5.79 Å². The molecule has 0 saturated carbocycles. The molecular weight excluding hydrogens is 318 g/mol. The summed E-state index contributed by atoms with van der Waals surface area (Å²) in [6, 6.07) is 6.18. The van der Waals surface area contributed by atoms with Gasteiger partial charge in [-0.3, -0.25) is 0 Å². The van der Waals surface area contributed by atoms with Crippen LogP contribution in [0.3, 0.4) is 0 Å². The summed E-state index contributed by atoms with van der Waals surface area (Å²) >= 11 is 0. The Morgan fingerprint density at radius 2 is 1.91 bits per heavy atom. The Kier molecular flexibility index (Phi) is 5.48. The quantitative estimate of drug-likeness (QED) is 0.877. The van der Waals surface area contributed by atoms with Crippen molar-refractivity contribution in [3.63, 3.8) is 0 Å². The first kappa shape index (κ1) is 18.4. The molecule has 0 aromatic heterocycles. The molecule has 2 rings (SSSR count). The molecule has 1 aromatic rings.